The van der Waals surface area contributed by atoms with Gasteiger partial charge in [-0.05, 0) is 44.7 Å². The number of carbonyl (C=O) groups is 1. The molecule has 124 valence electrons. The van der Waals surface area contributed by atoms with Gasteiger partial charge in [0.25, 0.3) is 5.91 Å². The van der Waals surface area contributed by atoms with Crippen LogP contribution in [0.4, 0.5) is 0 Å². The van der Waals surface area contributed by atoms with Gasteiger partial charge >= 0.3 is 0 Å². The zero-order valence-electron chi connectivity index (χ0n) is 13.6. The number of benzene rings is 1. The van der Waals surface area contributed by atoms with Crippen molar-refractivity contribution in [1.82, 2.24) is 14.9 Å². The third-order valence-electron chi connectivity index (χ3n) is 3.42. The maximum atomic E-state index is 12.2. The maximum Gasteiger partial charge on any atom is 0.253 e. The van der Waals surface area contributed by atoms with Crippen LogP contribution in [0.3, 0.4) is 0 Å². The molecule has 1 unspecified atom stereocenters. The lowest BCUT2D eigenvalue weighted by molar-refractivity contribution is 0.0796. The molecule has 0 spiro atoms. The van der Waals surface area contributed by atoms with Crippen LogP contribution in [-0.4, -0.2) is 52.5 Å². The fourth-order valence-corrected chi connectivity index (χ4v) is 3.12. The van der Waals surface area contributed by atoms with E-state index in [1.165, 1.54) is 12.1 Å². The first-order chi connectivity index (χ1) is 10.3. The van der Waals surface area contributed by atoms with Gasteiger partial charge in [0, 0.05) is 31.7 Å². The molecule has 2 N–H and O–H groups in total. The second-order valence-corrected chi connectivity index (χ2v) is 7.00. The van der Waals surface area contributed by atoms with Crippen LogP contribution in [0.25, 0.3) is 0 Å². The SMILES string of the molecule is CCC(C)NS(=O)(=O)c1ccc(C(=O)N(C)CCNC)cc1. The highest BCUT2D eigenvalue weighted by molar-refractivity contribution is 7.89. The number of likely N-dealkylation sites (N-methyl/N-ethyl adjacent to an activating group) is 2. The monoisotopic (exact) mass is 327 g/mol. The summed E-state index contributed by atoms with van der Waals surface area (Å²) in [4.78, 5) is 13.9. The molecule has 1 aromatic carbocycles. The standard InChI is InChI=1S/C15H25N3O3S/c1-5-12(2)17-22(20,21)14-8-6-13(7-9-14)15(19)18(4)11-10-16-3/h6-9,12,16-17H,5,10-11H2,1-4H3. The van der Waals surface area contributed by atoms with Gasteiger partial charge in [0.05, 0.1) is 4.90 Å². The van der Waals surface area contributed by atoms with Crippen molar-refractivity contribution < 1.29 is 13.2 Å². The molecule has 1 amide bonds. The molecule has 0 heterocycles. The Labute approximate surface area is 132 Å². The lowest BCUT2D eigenvalue weighted by atomic mass is 10.2. The number of sulfonamides is 1. The third kappa shape index (κ3) is 5.08. The van der Waals surface area contributed by atoms with Crippen molar-refractivity contribution in [1.29, 1.82) is 0 Å². The molecule has 0 aliphatic carbocycles. The summed E-state index contributed by atoms with van der Waals surface area (Å²) < 4.78 is 26.9. The average Bonchev–Trinajstić information content (AvgIpc) is 2.51. The molecule has 1 atom stereocenters. The van der Waals surface area contributed by atoms with Crippen LogP contribution in [0, 0.1) is 0 Å². The Morgan fingerprint density at radius 2 is 1.86 bits per heavy atom. The average molecular weight is 327 g/mol. The summed E-state index contributed by atoms with van der Waals surface area (Å²) in [6.45, 7) is 5.01. The zero-order chi connectivity index (χ0) is 16.8. The molecule has 0 aliphatic heterocycles. The minimum Gasteiger partial charge on any atom is -0.340 e. The molecule has 0 aromatic heterocycles. The van der Waals surface area contributed by atoms with Gasteiger partial charge < -0.3 is 10.2 Å². The smallest absolute Gasteiger partial charge is 0.253 e. The molecule has 1 rings (SSSR count). The quantitative estimate of drug-likeness (QED) is 0.748. The van der Waals surface area contributed by atoms with E-state index >= 15 is 0 Å². The zero-order valence-corrected chi connectivity index (χ0v) is 14.4. The summed E-state index contributed by atoms with van der Waals surface area (Å²) in [7, 11) is 0.00536. The van der Waals surface area contributed by atoms with Crippen LogP contribution in [0.5, 0.6) is 0 Å². The summed E-state index contributed by atoms with van der Waals surface area (Å²) >= 11 is 0. The Hall–Kier alpha value is -1.44. The van der Waals surface area contributed by atoms with E-state index in [0.717, 1.165) is 0 Å². The minimum atomic E-state index is -3.53. The molecule has 0 aliphatic rings. The highest BCUT2D eigenvalue weighted by atomic mass is 32.2. The van der Waals surface area contributed by atoms with Gasteiger partial charge in [0.1, 0.15) is 0 Å². The van der Waals surface area contributed by atoms with Crippen molar-refractivity contribution in [3.05, 3.63) is 29.8 Å². The number of hydrogen-bond donors (Lipinski definition) is 2. The van der Waals surface area contributed by atoms with E-state index in [-0.39, 0.29) is 16.8 Å². The normalized spacial score (nSPS) is 12.9. The molecule has 22 heavy (non-hydrogen) atoms. The largest absolute Gasteiger partial charge is 0.340 e. The number of hydrogen-bond acceptors (Lipinski definition) is 4. The van der Waals surface area contributed by atoms with E-state index in [0.29, 0.717) is 25.1 Å². The number of carbonyl (C=O) groups excluding carboxylic acids is 1. The van der Waals surface area contributed by atoms with Crippen molar-refractivity contribution in [2.24, 2.45) is 0 Å². The molecule has 1 aromatic rings. The third-order valence-corrected chi connectivity index (χ3v) is 5.03. The summed E-state index contributed by atoms with van der Waals surface area (Å²) in [5, 5.41) is 2.98. The van der Waals surface area contributed by atoms with Crippen LogP contribution in [0.2, 0.25) is 0 Å². The van der Waals surface area contributed by atoms with E-state index in [2.05, 4.69) is 10.0 Å². The first kappa shape index (κ1) is 18.6. The van der Waals surface area contributed by atoms with E-state index in [1.807, 2.05) is 20.9 Å². The molecule has 0 bridgehead atoms. The first-order valence-corrected chi connectivity index (χ1v) is 8.82. The van der Waals surface area contributed by atoms with Crippen molar-refractivity contribution in [3.63, 3.8) is 0 Å². The summed E-state index contributed by atoms with van der Waals surface area (Å²) in [6.07, 6.45) is 0.714. The Bertz CT molecular complexity index is 585. The molecular formula is C15H25N3O3S. The van der Waals surface area contributed by atoms with Crippen molar-refractivity contribution in [3.8, 4) is 0 Å². The lowest BCUT2D eigenvalue weighted by Gasteiger charge is -2.17. The summed E-state index contributed by atoms with van der Waals surface area (Å²) in [5.74, 6) is -0.130. The second kappa shape index (κ2) is 8.26. The van der Waals surface area contributed by atoms with Gasteiger partial charge in [-0.3, -0.25) is 4.79 Å². The molecular weight excluding hydrogens is 302 g/mol. The lowest BCUT2D eigenvalue weighted by Crippen LogP contribution is -2.33. The van der Waals surface area contributed by atoms with Gasteiger partial charge in [-0.2, -0.15) is 0 Å². The minimum absolute atomic E-state index is 0.126. The van der Waals surface area contributed by atoms with Gasteiger partial charge in [-0.1, -0.05) is 6.92 Å². The fraction of sp³-hybridized carbons (Fsp3) is 0.533. The van der Waals surface area contributed by atoms with E-state index in [9.17, 15) is 13.2 Å². The second-order valence-electron chi connectivity index (χ2n) is 5.29. The van der Waals surface area contributed by atoms with E-state index in [4.69, 9.17) is 0 Å². The van der Waals surface area contributed by atoms with Crippen molar-refractivity contribution in [2.45, 2.75) is 31.2 Å². The number of amides is 1. The number of nitrogens with one attached hydrogen (secondary N) is 2. The van der Waals surface area contributed by atoms with Crippen LogP contribution in [-0.2, 0) is 10.0 Å². The topological polar surface area (TPSA) is 78.5 Å². The predicted molar refractivity (Wildman–Crippen MR) is 87.4 cm³/mol. The highest BCUT2D eigenvalue weighted by Crippen LogP contribution is 2.13. The Morgan fingerprint density at radius 3 is 2.36 bits per heavy atom. The van der Waals surface area contributed by atoms with Crippen molar-refractivity contribution in [2.75, 3.05) is 27.2 Å². The van der Waals surface area contributed by atoms with Gasteiger partial charge in [0.15, 0.2) is 0 Å². The molecule has 0 saturated heterocycles. The van der Waals surface area contributed by atoms with Gasteiger partial charge in [0.2, 0.25) is 10.0 Å². The maximum absolute atomic E-state index is 12.2. The Kier molecular flexibility index (Phi) is 6.99. The van der Waals surface area contributed by atoms with Crippen LogP contribution >= 0.6 is 0 Å². The predicted octanol–water partition coefficient (Wildman–Crippen LogP) is 1.05. The number of nitrogens with zero attached hydrogens (tertiary/aromatic N) is 1. The summed E-state index contributed by atoms with van der Waals surface area (Å²) in [6, 6.07) is 5.89. The first-order valence-electron chi connectivity index (χ1n) is 7.34. The van der Waals surface area contributed by atoms with Gasteiger partial charge in [-0.15, -0.1) is 0 Å². The number of rotatable bonds is 8. The fourth-order valence-electron chi connectivity index (χ4n) is 1.79. The molecule has 0 saturated carbocycles. The van der Waals surface area contributed by atoms with Crippen LogP contribution < -0.4 is 10.0 Å². The Morgan fingerprint density at radius 1 is 1.27 bits per heavy atom. The molecule has 0 fully saturated rings. The molecule has 6 nitrogen and oxygen atoms in total. The van der Waals surface area contributed by atoms with Gasteiger partial charge in [-0.25, -0.2) is 13.1 Å². The Balaban J connectivity index is 2.84. The van der Waals surface area contributed by atoms with E-state index < -0.39 is 10.0 Å². The molecule has 0 radical (unpaired) electrons. The van der Waals surface area contributed by atoms with Crippen LogP contribution in [0.1, 0.15) is 30.6 Å². The highest BCUT2D eigenvalue weighted by Gasteiger charge is 2.18. The van der Waals surface area contributed by atoms with Crippen molar-refractivity contribution >= 4 is 15.9 Å². The van der Waals surface area contributed by atoms with Crippen LogP contribution in [0.15, 0.2) is 29.2 Å². The summed E-state index contributed by atoms with van der Waals surface area (Å²) in [5.41, 5.74) is 0.473. The molecule has 7 heteroatoms. The van der Waals surface area contributed by atoms with E-state index in [1.54, 1.807) is 24.1 Å².